The fourth-order valence-electron chi connectivity index (χ4n) is 2.34. The Bertz CT molecular complexity index is 367. The quantitative estimate of drug-likeness (QED) is 0.147. The third-order valence-electron chi connectivity index (χ3n) is 4.57. The number of hydrogen-bond acceptors (Lipinski definition) is 10. The van der Waals surface area contributed by atoms with E-state index in [9.17, 15) is 0 Å². The minimum absolute atomic E-state index is 0.537. The summed E-state index contributed by atoms with van der Waals surface area (Å²) in [4.78, 5) is 0. The van der Waals surface area contributed by atoms with Crippen molar-refractivity contribution in [2.24, 2.45) is 5.92 Å². The Morgan fingerprint density at radius 2 is 0.706 bits per heavy atom. The van der Waals surface area contributed by atoms with Crippen LogP contribution in [0.2, 0.25) is 0 Å². The molecule has 0 aromatic rings. The van der Waals surface area contributed by atoms with E-state index in [2.05, 4.69) is 19.2 Å². The van der Waals surface area contributed by atoms with Gasteiger partial charge in [-0.3, -0.25) is 0 Å². The van der Waals surface area contributed by atoms with E-state index in [0.717, 1.165) is 19.6 Å². The Morgan fingerprint density at radius 1 is 0.441 bits per heavy atom. The van der Waals surface area contributed by atoms with Crippen molar-refractivity contribution in [3.05, 3.63) is 0 Å². The molecule has 10 heteroatoms. The molecule has 0 spiro atoms. The molecule has 10 nitrogen and oxygen atoms in total. The van der Waals surface area contributed by atoms with Gasteiger partial charge >= 0.3 is 0 Å². The van der Waals surface area contributed by atoms with Crippen LogP contribution in [-0.4, -0.2) is 133 Å². The molecule has 0 aliphatic rings. The van der Waals surface area contributed by atoms with E-state index >= 15 is 0 Å². The molecule has 0 fully saturated rings. The molecule has 0 rings (SSSR count). The first-order valence-corrected chi connectivity index (χ1v) is 12.7. The highest BCUT2D eigenvalue weighted by molar-refractivity contribution is 4.46. The van der Waals surface area contributed by atoms with Gasteiger partial charge < -0.3 is 47.9 Å². The summed E-state index contributed by atoms with van der Waals surface area (Å²) in [7, 11) is 1.90. The monoisotopic (exact) mass is 497 g/mol. The van der Waals surface area contributed by atoms with Crippen molar-refractivity contribution >= 4 is 0 Å². The van der Waals surface area contributed by atoms with Crippen LogP contribution in [0.3, 0.4) is 0 Å². The van der Waals surface area contributed by atoms with Crippen molar-refractivity contribution in [2.75, 3.05) is 133 Å². The Labute approximate surface area is 207 Å². The largest absolute Gasteiger partial charge is 0.379 e. The highest BCUT2D eigenvalue weighted by atomic mass is 16.6. The average molecular weight is 498 g/mol. The predicted molar refractivity (Wildman–Crippen MR) is 131 cm³/mol. The molecule has 206 valence electrons. The summed E-state index contributed by atoms with van der Waals surface area (Å²) in [6.45, 7) is 15.7. The van der Waals surface area contributed by atoms with Crippen molar-refractivity contribution < 1.29 is 42.6 Å². The summed E-state index contributed by atoms with van der Waals surface area (Å²) in [6, 6.07) is 0. The molecule has 34 heavy (non-hydrogen) atoms. The van der Waals surface area contributed by atoms with Crippen molar-refractivity contribution in [1.82, 2.24) is 5.32 Å². The van der Waals surface area contributed by atoms with Crippen LogP contribution in [-0.2, 0) is 42.6 Å². The lowest BCUT2D eigenvalue weighted by molar-refractivity contribution is -0.0254. The summed E-state index contributed by atoms with van der Waals surface area (Å²) in [5.74, 6) is 0.605. The normalized spacial score (nSPS) is 12.4. The SMILES string of the molecule is CCC(C)COCCOCCOCCOCCOCCOCCOCCOCCOCCNC. The summed E-state index contributed by atoms with van der Waals surface area (Å²) in [5.41, 5.74) is 0. The van der Waals surface area contributed by atoms with Crippen molar-refractivity contribution in [3.8, 4) is 0 Å². The second-order valence-electron chi connectivity index (χ2n) is 7.59. The van der Waals surface area contributed by atoms with Crippen LogP contribution in [0.15, 0.2) is 0 Å². The summed E-state index contributed by atoms with van der Waals surface area (Å²) >= 11 is 0. The van der Waals surface area contributed by atoms with Crippen molar-refractivity contribution in [2.45, 2.75) is 20.3 Å². The number of nitrogens with one attached hydrogen (secondary N) is 1. The Kier molecular flexibility index (Phi) is 30.3. The molecule has 0 heterocycles. The predicted octanol–water partition coefficient (Wildman–Crippen LogP) is 1.40. The lowest BCUT2D eigenvalue weighted by Crippen LogP contribution is -2.17. The second-order valence-corrected chi connectivity index (χ2v) is 7.59. The zero-order chi connectivity index (χ0) is 24.8. The summed E-state index contributed by atoms with van der Waals surface area (Å²) < 4.78 is 49.0. The highest BCUT2D eigenvalue weighted by Gasteiger charge is 1.98. The van der Waals surface area contributed by atoms with E-state index in [4.69, 9.17) is 42.6 Å². The van der Waals surface area contributed by atoms with Crippen LogP contribution in [0.1, 0.15) is 20.3 Å². The van der Waals surface area contributed by atoms with Gasteiger partial charge in [0.2, 0.25) is 0 Å². The lowest BCUT2D eigenvalue weighted by atomic mass is 10.1. The van der Waals surface area contributed by atoms with Crippen LogP contribution < -0.4 is 5.32 Å². The van der Waals surface area contributed by atoms with Gasteiger partial charge in [0.05, 0.1) is 112 Å². The molecule has 0 saturated heterocycles. The molecular formula is C24H51NO9. The zero-order valence-electron chi connectivity index (χ0n) is 21.9. The number of hydrogen-bond donors (Lipinski definition) is 1. The zero-order valence-corrected chi connectivity index (χ0v) is 21.9. The first-order chi connectivity index (χ1) is 16.8. The maximum absolute atomic E-state index is 5.52. The van der Waals surface area contributed by atoms with E-state index in [0.29, 0.717) is 118 Å². The van der Waals surface area contributed by atoms with E-state index in [1.54, 1.807) is 0 Å². The van der Waals surface area contributed by atoms with Crippen LogP contribution in [0.25, 0.3) is 0 Å². The fourth-order valence-corrected chi connectivity index (χ4v) is 2.34. The maximum atomic E-state index is 5.52. The molecule has 0 aromatic heterocycles. The van der Waals surface area contributed by atoms with Crippen molar-refractivity contribution in [1.29, 1.82) is 0 Å². The van der Waals surface area contributed by atoms with Crippen LogP contribution >= 0.6 is 0 Å². The van der Waals surface area contributed by atoms with E-state index in [1.165, 1.54) is 0 Å². The minimum Gasteiger partial charge on any atom is -0.379 e. The molecule has 0 amide bonds. The Hall–Kier alpha value is -0.400. The maximum Gasteiger partial charge on any atom is 0.0701 e. The van der Waals surface area contributed by atoms with Gasteiger partial charge in [0.15, 0.2) is 0 Å². The van der Waals surface area contributed by atoms with Gasteiger partial charge in [-0.1, -0.05) is 20.3 Å². The minimum atomic E-state index is 0.537. The molecule has 1 unspecified atom stereocenters. The molecule has 0 bridgehead atoms. The Morgan fingerprint density at radius 3 is 0.971 bits per heavy atom. The van der Waals surface area contributed by atoms with Gasteiger partial charge in [-0.15, -0.1) is 0 Å². The average Bonchev–Trinajstić information content (AvgIpc) is 2.85. The third-order valence-corrected chi connectivity index (χ3v) is 4.57. The third kappa shape index (κ3) is 29.6. The Balaban J connectivity index is 3.02. The van der Waals surface area contributed by atoms with Crippen LogP contribution in [0.5, 0.6) is 0 Å². The van der Waals surface area contributed by atoms with Gasteiger partial charge in [0.1, 0.15) is 0 Å². The molecule has 1 N–H and O–H groups in total. The van der Waals surface area contributed by atoms with Crippen LogP contribution in [0, 0.1) is 5.92 Å². The summed E-state index contributed by atoms with van der Waals surface area (Å²) in [6.07, 6.45) is 1.14. The van der Waals surface area contributed by atoms with Crippen molar-refractivity contribution in [3.63, 3.8) is 0 Å². The molecule has 1 atom stereocenters. The molecule has 0 radical (unpaired) electrons. The van der Waals surface area contributed by atoms with Gasteiger partial charge in [-0.05, 0) is 13.0 Å². The smallest absolute Gasteiger partial charge is 0.0701 e. The first-order valence-electron chi connectivity index (χ1n) is 12.7. The standard InChI is InChI=1S/C24H51NO9/c1-4-24(2)23-34-22-21-33-20-19-32-18-17-31-16-15-30-14-13-29-12-11-28-10-9-27-8-7-26-6-5-25-3/h24-25H,4-23H2,1-3H3. The van der Waals surface area contributed by atoms with Gasteiger partial charge in [0, 0.05) is 13.2 Å². The van der Waals surface area contributed by atoms with Gasteiger partial charge in [-0.25, -0.2) is 0 Å². The van der Waals surface area contributed by atoms with Crippen LogP contribution in [0.4, 0.5) is 0 Å². The van der Waals surface area contributed by atoms with E-state index in [-0.39, 0.29) is 0 Å². The number of rotatable bonds is 30. The first kappa shape index (κ1) is 33.6. The molecular weight excluding hydrogens is 446 g/mol. The lowest BCUT2D eigenvalue weighted by Gasteiger charge is -2.10. The number of likely N-dealkylation sites (N-methyl/N-ethyl adjacent to an activating group) is 1. The van der Waals surface area contributed by atoms with Gasteiger partial charge in [0.25, 0.3) is 0 Å². The number of ether oxygens (including phenoxy) is 9. The van der Waals surface area contributed by atoms with E-state index < -0.39 is 0 Å². The summed E-state index contributed by atoms with van der Waals surface area (Å²) in [5, 5.41) is 3.02. The second kappa shape index (κ2) is 30.6. The highest BCUT2D eigenvalue weighted by Crippen LogP contribution is 1.99. The molecule has 0 aliphatic heterocycles. The fraction of sp³-hybridized carbons (Fsp3) is 1.00. The molecule has 0 saturated carbocycles. The topological polar surface area (TPSA) is 95.1 Å². The molecule has 0 aromatic carbocycles. The molecule has 0 aliphatic carbocycles. The van der Waals surface area contributed by atoms with Gasteiger partial charge in [-0.2, -0.15) is 0 Å². The van der Waals surface area contributed by atoms with E-state index in [1.807, 2.05) is 7.05 Å².